The number of carbonyl (C=O) groups excluding carboxylic acids is 1. The van der Waals surface area contributed by atoms with Crippen LogP contribution in [-0.4, -0.2) is 53.6 Å². The lowest BCUT2D eigenvalue weighted by atomic mass is 10.2. The van der Waals surface area contributed by atoms with E-state index in [1.165, 1.54) is 0 Å². The minimum Gasteiger partial charge on any atom is -0.486 e. The predicted octanol–water partition coefficient (Wildman–Crippen LogP) is 1.44. The molecule has 24 heavy (non-hydrogen) atoms. The molecule has 0 saturated carbocycles. The Bertz CT molecular complexity index is 701. The van der Waals surface area contributed by atoms with Crippen LogP contribution >= 0.6 is 0 Å². The van der Waals surface area contributed by atoms with Gasteiger partial charge in [0.05, 0.1) is 12.7 Å². The van der Waals surface area contributed by atoms with Crippen LogP contribution in [0.4, 0.5) is 4.79 Å². The van der Waals surface area contributed by atoms with Crippen LogP contribution in [0.1, 0.15) is 5.56 Å². The SMILES string of the molecule is CN(CC1COc2ccccc2O1)C(=O)NCCc1cnn(C)c1. The van der Waals surface area contributed by atoms with Crippen LogP contribution in [0, 0.1) is 0 Å². The quantitative estimate of drug-likeness (QED) is 0.901. The fourth-order valence-corrected chi connectivity index (χ4v) is 2.59. The van der Waals surface area contributed by atoms with Crippen molar-refractivity contribution in [3.05, 3.63) is 42.2 Å². The van der Waals surface area contributed by atoms with Crippen LogP contribution in [0.2, 0.25) is 0 Å². The van der Waals surface area contributed by atoms with Crippen molar-refractivity contribution < 1.29 is 14.3 Å². The molecule has 2 heterocycles. The molecule has 1 aliphatic heterocycles. The van der Waals surface area contributed by atoms with Gasteiger partial charge >= 0.3 is 6.03 Å². The minimum absolute atomic E-state index is 0.124. The van der Waals surface area contributed by atoms with Crippen molar-refractivity contribution in [2.24, 2.45) is 7.05 Å². The Morgan fingerprint density at radius 1 is 1.42 bits per heavy atom. The topological polar surface area (TPSA) is 68.6 Å². The lowest BCUT2D eigenvalue weighted by Crippen LogP contribution is -2.45. The van der Waals surface area contributed by atoms with Crippen LogP contribution in [0.3, 0.4) is 0 Å². The van der Waals surface area contributed by atoms with Gasteiger partial charge < -0.3 is 19.7 Å². The number of likely N-dealkylation sites (N-methyl/N-ethyl adjacent to an activating group) is 1. The van der Waals surface area contributed by atoms with Crippen molar-refractivity contribution in [3.8, 4) is 11.5 Å². The number of aryl methyl sites for hydroxylation is 1. The minimum atomic E-state index is -0.172. The Hall–Kier alpha value is -2.70. The highest BCUT2D eigenvalue weighted by Crippen LogP contribution is 2.30. The molecule has 1 aromatic carbocycles. The highest BCUT2D eigenvalue weighted by atomic mass is 16.6. The first-order chi connectivity index (χ1) is 11.6. The molecular formula is C17H22N4O3. The summed E-state index contributed by atoms with van der Waals surface area (Å²) >= 11 is 0. The van der Waals surface area contributed by atoms with Gasteiger partial charge in [0.2, 0.25) is 0 Å². The van der Waals surface area contributed by atoms with E-state index < -0.39 is 0 Å². The smallest absolute Gasteiger partial charge is 0.317 e. The Kier molecular flexibility index (Phi) is 4.88. The zero-order valence-corrected chi connectivity index (χ0v) is 13.9. The molecule has 3 rings (SSSR count). The largest absolute Gasteiger partial charge is 0.486 e. The molecule has 7 heteroatoms. The van der Waals surface area contributed by atoms with Crippen molar-refractivity contribution in [3.63, 3.8) is 0 Å². The predicted molar refractivity (Wildman–Crippen MR) is 89.3 cm³/mol. The fourth-order valence-electron chi connectivity index (χ4n) is 2.59. The molecule has 1 atom stereocenters. The number of benzene rings is 1. The number of fused-ring (bicyclic) bond motifs is 1. The Labute approximate surface area is 141 Å². The number of para-hydroxylation sites is 2. The third-order valence-corrected chi connectivity index (χ3v) is 3.84. The second-order valence-corrected chi connectivity index (χ2v) is 5.88. The lowest BCUT2D eigenvalue weighted by Gasteiger charge is -2.29. The molecule has 1 N–H and O–H groups in total. The standard InChI is InChI=1S/C17H22N4O3/c1-20(17(22)18-8-7-13-9-19-21(2)10-13)11-14-12-23-15-5-3-4-6-16(15)24-14/h3-6,9-10,14H,7-8,11-12H2,1-2H3,(H,18,22). The summed E-state index contributed by atoms with van der Waals surface area (Å²) in [7, 11) is 3.63. The van der Waals surface area contributed by atoms with Crippen molar-refractivity contribution in [1.29, 1.82) is 0 Å². The summed E-state index contributed by atoms with van der Waals surface area (Å²) < 4.78 is 13.3. The molecule has 0 saturated heterocycles. The monoisotopic (exact) mass is 330 g/mol. The molecule has 1 aliphatic rings. The second kappa shape index (κ2) is 7.25. The Morgan fingerprint density at radius 3 is 2.96 bits per heavy atom. The molecule has 2 amide bonds. The lowest BCUT2D eigenvalue weighted by molar-refractivity contribution is 0.0716. The molecule has 0 bridgehead atoms. The third kappa shape index (κ3) is 3.98. The van der Waals surface area contributed by atoms with Crippen molar-refractivity contribution >= 4 is 6.03 Å². The zero-order valence-electron chi connectivity index (χ0n) is 13.9. The number of amides is 2. The first kappa shape index (κ1) is 16.2. The zero-order chi connectivity index (χ0) is 16.9. The molecular weight excluding hydrogens is 308 g/mol. The van der Waals surface area contributed by atoms with Crippen LogP contribution in [0.5, 0.6) is 11.5 Å². The number of nitrogens with zero attached hydrogens (tertiary/aromatic N) is 3. The number of carbonyl (C=O) groups is 1. The van der Waals surface area contributed by atoms with Crippen molar-refractivity contribution in [2.45, 2.75) is 12.5 Å². The van der Waals surface area contributed by atoms with Crippen LogP contribution in [-0.2, 0) is 13.5 Å². The summed E-state index contributed by atoms with van der Waals surface area (Å²) in [5.41, 5.74) is 1.10. The van der Waals surface area contributed by atoms with Crippen molar-refractivity contribution in [2.75, 3.05) is 26.7 Å². The summed E-state index contributed by atoms with van der Waals surface area (Å²) in [6, 6.07) is 7.43. The van der Waals surface area contributed by atoms with E-state index in [1.54, 1.807) is 22.8 Å². The maximum Gasteiger partial charge on any atom is 0.317 e. The van der Waals surface area contributed by atoms with Gasteiger partial charge in [-0.05, 0) is 24.1 Å². The van der Waals surface area contributed by atoms with Gasteiger partial charge in [-0.2, -0.15) is 5.10 Å². The molecule has 2 aromatic rings. The van der Waals surface area contributed by atoms with E-state index in [9.17, 15) is 4.79 Å². The molecule has 7 nitrogen and oxygen atoms in total. The van der Waals surface area contributed by atoms with E-state index >= 15 is 0 Å². The molecule has 128 valence electrons. The molecule has 1 unspecified atom stereocenters. The van der Waals surface area contributed by atoms with Gasteiger partial charge in [0.1, 0.15) is 6.61 Å². The molecule has 0 radical (unpaired) electrons. The highest BCUT2D eigenvalue weighted by molar-refractivity contribution is 5.73. The number of aromatic nitrogens is 2. The Balaban J connectivity index is 1.43. The Morgan fingerprint density at radius 2 is 2.21 bits per heavy atom. The number of hydrogen-bond donors (Lipinski definition) is 1. The van der Waals surface area contributed by atoms with Gasteiger partial charge in [0.25, 0.3) is 0 Å². The molecule has 0 spiro atoms. The summed E-state index contributed by atoms with van der Waals surface area (Å²) in [6.07, 6.45) is 4.33. The van der Waals surface area contributed by atoms with Gasteiger partial charge in [0, 0.05) is 26.8 Å². The van der Waals surface area contributed by atoms with Crippen molar-refractivity contribution in [1.82, 2.24) is 20.0 Å². The number of nitrogens with one attached hydrogen (secondary N) is 1. The number of ether oxygens (including phenoxy) is 2. The van der Waals surface area contributed by atoms with Gasteiger partial charge in [-0.1, -0.05) is 12.1 Å². The number of rotatable bonds is 5. The maximum atomic E-state index is 12.2. The van der Waals surface area contributed by atoms with Crippen LogP contribution < -0.4 is 14.8 Å². The summed E-state index contributed by atoms with van der Waals surface area (Å²) in [5, 5.41) is 7.01. The van der Waals surface area contributed by atoms with E-state index in [0.717, 1.165) is 23.5 Å². The van der Waals surface area contributed by atoms with E-state index in [2.05, 4.69) is 10.4 Å². The highest BCUT2D eigenvalue weighted by Gasteiger charge is 2.23. The van der Waals surface area contributed by atoms with Gasteiger partial charge in [-0.25, -0.2) is 4.79 Å². The number of hydrogen-bond acceptors (Lipinski definition) is 4. The third-order valence-electron chi connectivity index (χ3n) is 3.84. The average Bonchev–Trinajstić information content (AvgIpc) is 3.00. The fraction of sp³-hybridized carbons (Fsp3) is 0.412. The van der Waals surface area contributed by atoms with Crippen LogP contribution in [0.15, 0.2) is 36.7 Å². The summed E-state index contributed by atoms with van der Waals surface area (Å²) in [4.78, 5) is 13.8. The normalized spacial score (nSPS) is 15.8. The van der Waals surface area contributed by atoms with E-state index in [1.807, 2.05) is 37.5 Å². The summed E-state index contributed by atoms with van der Waals surface area (Å²) in [6.45, 7) is 1.47. The van der Waals surface area contributed by atoms with Gasteiger partial charge in [0.15, 0.2) is 17.6 Å². The first-order valence-corrected chi connectivity index (χ1v) is 7.97. The molecule has 0 aliphatic carbocycles. The summed E-state index contributed by atoms with van der Waals surface area (Å²) in [5.74, 6) is 1.47. The average molecular weight is 330 g/mol. The van der Waals surface area contributed by atoms with Crippen LogP contribution in [0.25, 0.3) is 0 Å². The van der Waals surface area contributed by atoms with Gasteiger partial charge in [-0.15, -0.1) is 0 Å². The number of urea groups is 1. The van der Waals surface area contributed by atoms with Gasteiger partial charge in [-0.3, -0.25) is 4.68 Å². The van der Waals surface area contributed by atoms with E-state index in [4.69, 9.17) is 9.47 Å². The molecule has 0 fully saturated rings. The van der Waals surface area contributed by atoms with E-state index in [-0.39, 0.29) is 12.1 Å². The maximum absolute atomic E-state index is 12.2. The first-order valence-electron chi connectivity index (χ1n) is 7.97. The van der Waals surface area contributed by atoms with E-state index in [0.29, 0.717) is 19.7 Å². The molecule has 1 aromatic heterocycles. The second-order valence-electron chi connectivity index (χ2n) is 5.88.